The Morgan fingerprint density at radius 1 is 1.03 bits per heavy atom. The lowest BCUT2D eigenvalue weighted by molar-refractivity contribution is 0.0893. The first-order chi connectivity index (χ1) is 14.5. The van der Waals surface area contributed by atoms with Crippen LogP contribution in [0.25, 0.3) is 0 Å². The molecule has 0 spiro atoms. The summed E-state index contributed by atoms with van der Waals surface area (Å²) in [7, 11) is 0. The third kappa shape index (κ3) is 5.86. The van der Waals surface area contributed by atoms with E-state index in [9.17, 15) is 5.11 Å². The molecule has 30 heavy (non-hydrogen) atoms. The van der Waals surface area contributed by atoms with E-state index >= 15 is 0 Å². The maximum atomic E-state index is 9.80. The molecule has 4 rings (SSSR count). The quantitative estimate of drug-likeness (QED) is 0.761. The number of hydrogen-bond acceptors (Lipinski definition) is 5. The van der Waals surface area contributed by atoms with Gasteiger partial charge < -0.3 is 10.0 Å². The molecule has 0 aliphatic carbocycles. The van der Waals surface area contributed by atoms with E-state index in [1.54, 1.807) is 25.2 Å². The first-order valence-electron chi connectivity index (χ1n) is 11.1. The average Bonchev–Trinajstić information content (AvgIpc) is 3.20. The lowest BCUT2D eigenvalue weighted by atomic mass is 10.0. The molecule has 160 valence electrons. The molecule has 1 atom stereocenters. The Balaban J connectivity index is 1.29. The molecule has 4 nitrogen and oxygen atoms in total. The molecular formula is C25H33N3OS. The highest BCUT2D eigenvalue weighted by Gasteiger charge is 2.28. The highest BCUT2D eigenvalue weighted by Crippen LogP contribution is 2.24. The van der Waals surface area contributed by atoms with Crippen LogP contribution in [-0.4, -0.2) is 65.8 Å². The zero-order valence-corrected chi connectivity index (χ0v) is 19.0. The molecular weight excluding hydrogens is 390 g/mol. The molecule has 1 N–H and O–H groups in total. The SMILES string of the molecule is CC(C)(O)C#Cc1ccc(CN2CCC[C@@H](N3CCN(c4ccccc4)CC3)C2)s1. The Labute approximate surface area is 185 Å². The van der Waals surface area contributed by atoms with Gasteiger partial charge in [-0.3, -0.25) is 9.80 Å². The number of likely N-dealkylation sites (tertiary alicyclic amines) is 1. The molecule has 2 saturated heterocycles. The van der Waals surface area contributed by atoms with E-state index in [1.807, 2.05) is 0 Å². The molecule has 5 heteroatoms. The van der Waals surface area contributed by atoms with Gasteiger partial charge in [0.2, 0.25) is 0 Å². The van der Waals surface area contributed by atoms with Crippen LogP contribution >= 0.6 is 11.3 Å². The third-order valence-electron chi connectivity index (χ3n) is 5.97. The van der Waals surface area contributed by atoms with Crippen molar-refractivity contribution in [2.75, 3.05) is 44.2 Å². The topological polar surface area (TPSA) is 30.0 Å². The Hall–Kier alpha value is -1.84. The lowest BCUT2D eigenvalue weighted by Gasteiger charge is -2.44. The molecule has 0 bridgehead atoms. The Bertz CT molecular complexity index is 869. The van der Waals surface area contributed by atoms with Gasteiger partial charge in [-0.25, -0.2) is 0 Å². The maximum Gasteiger partial charge on any atom is 0.120 e. The minimum absolute atomic E-state index is 0.672. The second kappa shape index (κ2) is 9.53. The van der Waals surface area contributed by atoms with E-state index in [0.717, 1.165) is 44.1 Å². The summed E-state index contributed by atoms with van der Waals surface area (Å²) in [5.41, 5.74) is 0.415. The van der Waals surface area contributed by atoms with E-state index < -0.39 is 5.60 Å². The highest BCUT2D eigenvalue weighted by molar-refractivity contribution is 7.12. The molecule has 2 aromatic rings. The van der Waals surface area contributed by atoms with Crippen LogP contribution < -0.4 is 4.90 Å². The molecule has 3 heterocycles. The molecule has 2 aliphatic rings. The summed E-state index contributed by atoms with van der Waals surface area (Å²) in [6.07, 6.45) is 2.59. The van der Waals surface area contributed by atoms with E-state index in [0.29, 0.717) is 6.04 Å². The predicted molar refractivity (Wildman–Crippen MR) is 126 cm³/mol. The highest BCUT2D eigenvalue weighted by atomic mass is 32.1. The Morgan fingerprint density at radius 2 is 1.80 bits per heavy atom. The summed E-state index contributed by atoms with van der Waals surface area (Å²) in [4.78, 5) is 10.2. The first-order valence-corrected chi connectivity index (χ1v) is 11.9. The predicted octanol–water partition coefficient (Wildman–Crippen LogP) is 3.66. The summed E-state index contributed by atoms with van der Waals surface area (Å²) in [5, 5.41) is 9.80. The molecule has 0 saturated carbocycles. The summed E-state index contributed by atoms with van der Waals surface area (Å²) >= 11 is 1.76. The Kier molecular flexibility index (Phi) is 6.80. The van der Waals surface area contributed by atoms with Crippen molar-refractivity contribution >= 4 is 17.0 Å². The number of thiophene rings is 1. The second-order valence-corrected chi connectivity index (χ2v) is 10.1. The fraction of sp³-hybridized carbons (Fsp3) is 0.520. The first kappa shape index (κ1) is 21.4. The van der Waals surface area contributed by atoms with Gasteiger partial charge in [-0.2, -0.15) is 0 Å². The average molecular weight is 424 g/mol. The number of para-hydroxylation sites is 1. The summed E-state index contributed by atoms with van der Waals surface area (Å²) in [6.45, 7) is 11.4. The fourth-order valence-electron chi connectivity index (χ4n) is 4.42. The van der Waals surface area contributed by atoms with Gasteiger partial charge in [0.1, 0.15) is 5.60 Å². The normalized spacial score (nSPS) is 21.3. The van der Waals surface area contributed by atoms with Gasteiger partial charge in [0.25, 0.3) is 0 Å². The second-order valence-electron chi connectivity index (χ2n) is 8.96. The van der Waals surface area contributed by atoms with Gasteiger partial charge in [0.15, 0.2) is 0 Å². The largest absolute Gasteiger partial charge is 0.378 e. The number of piperazine rings is 1. The molecule has 0 amide bonds. The van der Waals surface area contributed by atoms with E-state index in [1.165, 1.54) is 30.0 Å². The lowest BCUT2D eigenvalue weighted by Crippen LogP contribution is -2.55. The zero-order chi connectivity index (χ0) is 21.0. The van der Waals surface area contributed by atoms with E-state index in [2.05, 4.69) is 69.0 Å². The van der Waals surface area contributed by atoms with Crippen molar-refractivity contribution in [1.82, 2.24) is 9.80 Å². The van der Waals surface area contributed by atoms with Crippen LogP contribution in [0.3, 0.4) is 0 Å². The monoisotopic (exact) mass is 423 g/mol. The summed E-state index contributed by atoms with van der Waals surface area (Å²) in [6, 6.07) is 15.8. The molecule has 0 unspecified atom stereocenters. The van der Waals surface area contributed by atoms with Crippen LogP contribution in [0.4, 0.5) is 5.69 Å². The van der Waals surface area contributed by atoms with Gasteiger partial charge in [-0.1, -0.05) is 30.0 Å². The summed E-state index contributed by atoms with van der Waals surface area (Å²) < 4.78 is 0. The van der Waals surface area contributed by atoms with Crippen molar-refractivity contribution in [3.8, 4) is 11.8 Å². The van der Waals surface area contributed by atoms with Crippen molar-refractivity contribution < 1.29 is 5.11 Å². The summed E-state index contributed by atoms with van der Waals surface area (Å²) in [5.74, 6) is 6.02. The molecule has 1 aromatic carbocycles. The molecule has 2 fully saturated rings. The maximum absolute atomic E-state index is 9.80. The number of benzene rings is 1. The van der Waals surface area contributed by atoms with Crippen molar-refractivity contribution in [3.05, 3.63) is 52.2 Å². The van der Waals surface area contributed by atoms with Gasteiger partial charge >= 0.3 is 0 Å². The van der Waals surface area contributed by atoms with Gasteiger partial charge in [-0.05, 0) is 57.5 Å². The molecule has 0 radical (unpaired) electrons. The van der Waals surface area contributed by atoms with Crippen LogP contribution in [0.2, 0.25) is 0 Å². The van der Waals surface area contributed by atoms with Crippen LogP contribution in [0.5, 0.6) is 0 Å². The van der Waals surface area contributed by atoms with Crippen LogP contribution in [0.15, 0.2) is 42.5 Å². The van der Waals surface area contributed by atoms with Gasteiger partial charge in [0.05, 0.1) is 4.88 Å². The van der Waals surface area contributed by atoms with E-state index in [-0.39, 0.29) is 0 Å². The van der Waals surface area contributed by atoms with Crippen LogP contribution in [0.1, 0.15) is 36.4 Å². The van der Waals surface area contributed by atoms with Gasteiger partial charge in [-0.15, -0.1) is 11.3 Å². The number of anilines is 1. The Morgan fingerprint density at radius 3 is 2.53 bits per heavy atom. The van der Waals surface area contributed by atoms with Crippen molar-refractivity contribution in [1.29, 1.82) is 0 Å². The minimum Gasteiger partial charge on any atom is -0.378 e. The number of aliphatic hydroxyl groups is 1. The van der Waals surface area contributed by atoms with Crippen molar-refractivity contribution in [3.63, 3.8) is 0 Å². The smallest absolute Gasteiger partial charge is 0.120 e. The molecule has 2 aliphatic heterocycles. The fourth-order valence-corrected chi connectivity index (χ4v) is 5.33. The van der Waals surface area contributed by atoms with Gasteiger partial charge in [0, 0.05) is 55.9 Å². The zero-order valence-electron chi connectivity index (χ0n) is 18.2. The third-order valence-corrected chi connectivity index (χ3v) is 6.95. The number of hydrogen-bond donors (Lipinski definition) is 1. The van der Waals surface area contributed by atoms with Crippen LogP contribution in [-0.2, 0) is 6.54 Å². The minimum atomic E-state index is -0.936. The standard InChI is InChI=1S/C25H33N3OS/c1-25(2,29)13-12-23-10-11-24(30-23)20-26-14-6-9-22(19-26)28-17-15-27(16-18-28)21-7-4-3-5-8-21/h3-5,7-8,10-11,22,29H,6,9,14-20H2,1-2H3/t22-/m1/s1. The van der Waals surface area contributed by atoms with Crippen LogP contribution in [0, 0.1) is 11.8 Å². The number of rotatable bonds is 4. The van der Waals surface area contributed by atoms with E-state index in [4.69, 9.17) is 0 Å². The number of nitrogens with zero attached hydrogens (tertiary/aromatic N) is 3. The molecule has 1 aromatic heterocycles. The van der Waals surface area contributed by atoms with Crippen molar-refractivity contribution in [2.45, 2.75) is 44.9 Å². The van der Waals surface area contributed by atoms with Crippen molar-refractivity contribution in [2.24, 2.45) is 0 Å². The number of piperidine rings is 1.